The largest absolute Gasteiger partial charge is 0.481 e. The Labute approximate surface area is 148 Å². The smallest absolute Gasteiger partial charge is 0.307 e. The van der Waals surface area contributed by atoms with E-state index in [4.69, 9.17) is 0 Å². The Morgan fingerprint density at radius 2 is 1.84 bits per heavy atom. The topological polar surface area (TPSA) is 91.8 Å². The molecule has 0 amide bonds. The summed E-state index contributed by atoms with van der Waals surface area (Å²) in [4.78, 5) is 11.7. The third-order valence-electron chi connectivity index (χ3n) is 4.23. The van der Waals surface area contributed by atoms with E-state index in [-0.39, 0.29) is 5.92 Å². The van der Waals surface area contributed by atoms with Gasteiger partial charge in [0.1, 0.15) is 6.54 Å². The van der Waals surface area contributed by atoms with Crippen LogP contribution < -0.4 is 0 Å². The monoisotopic (exact) mass is 346 g/mol. The molecule has 0 aliphatic rings. The molecule has 0 spiro atoms. The van der Waals surface area contributed by atoms with Gasteiger partial charge in [0.05, 0.1) is 27.1 Å². The van der Waals surface area contributed by atoms with Crippen LogP contribution in [0, 0.1) is 5.92 Å². The minimum absolute atomic E-state index is 0.291. The summed E-state index contributed by atoms with van der Waals surface area (Å²) >= 11 is 0. The first-order valence-corrected chi connectivity index (χ1v) is 8.64. The predicted octanol–water partition coefficient (Wildman–Crippen LogP) is 2.23. The zero-order valence-electron chi connectivity index (χ0n) is 15.4. The molecule has 1 aromatic heterocycles. The highest BCUT2D eigenvalue weighted by Crippen LogP contribution is 2.30. The third kappa shape index (κ3) is 5.63. The molecule has 1 unspecified atom stereocenters. The van der Waals surface area contributed by atoms with Crippen molar-refractivity contribution in [3.63, 3.8) is 0 Å². The highest BCUT2D eigenvalue weighted by Gasteiger charge is 2.31. The number of rotatable bonds is 9. The highest BCUT2D eigenvalue weighted by atomic mass is 16.4. The summed E-state index contributed by atoms with van der Waals surface area (Å²) in [6.07, 6.45) is 1.98. The zero-order valence-corrected chi connectivity index (χ0v) is 15.4. The molecule has 1 heterocycles. The maximum Gasteiger partial charge on any atom is 0.307 e. The molecule has 136 valence electrons. The van der Waals surface area contributed by atoms with Crippen LogP contribution in [0.25, 0.3) is 0 Å². The van der Waals surface area contributed by atoms with Gasteiger partial charge in [0.15, 0.2) is 5.82 Å². The number of carboxylic acid groups (broad SMARTS) is 1. The van der Waals surface area contributed by atoms with E-state index in [2.05, 4.69) is 66.0 Å². The number of tetrazole rings is 1. The summed E-state index contributed by atoms with van der Waals surface area (Å²) in [5.74, 6) is -1.15. The standard InChI is InChI=1S/C18H27N5O2/c1-5-6-15(18(24)25)16(17-19-21-22-20-17)11-13-7-9-14(10-8-13)12-23(2,3)4/h7-10,15-16H,5-6,11-12H2,1-4H3,(H-,19,20,21,22,24,25)/p+1/t15?,16-/m0/s1. The Bertz CT molecular complexity index is 662. The van der Waals surface area contributed by atoms with Gasteiger partial charge in [0, 0.05) is 11.5 Å². The molecule has 7 heteroatoms. The summed E-state index contributed by atoms with van der Waals surface area (Å²) in [7, 11) is 6.47. The predicted molar refractivity (Wildman–Crippen MR) is 94.8 cm³/mol. The summed E-state index contributed by atoms with van der Waals surface area (Å²) in [5.41, 5.74) is 2.35. The number of aliphatic carboxylic acids is 1. The normalized spacial score (nSPS) is 14.2. The van der Waals surface area contributed by atoms with Crippen molar-refractivity contribution in [2.24, 2.45) is 5.92 Å². The minimum Gasteiger partial charge on any atom is -0.481 e. The van der Waals surface area contributed by atoms with Crippen molar-refractivity contribution in [3.05, 3.63) is 41.2 Å². The van der Waals surface area contributed by atoms with Crippen LogP contribution in [-0.2, 0) is 17.8 Å². The molecule has 0 radical (unpaired) electrons. The van der Waals surface area contributed by atoms with E-state index < -0.39 is 11.9 Å². The number of quaternary nitrogens is 1. The zero-order chi connectivity index (χ0) is 18.4. The Morgan fingerprint density at radius 3 is 2.32 bits per heavy atom. The van der Waals surface area contributed by atoms with Crippen molar-refractivity contribution in [2.45, 2.75) is 38.6 Å². The number of aromatic amines is 1. The van der Waals surface area contributed by atoms with Gasteiger partial charge in [-0.25, -0.2) is 0 Å². The van der Waals surface area contributed by atoms with E-state index in [0.717, 1.165) is 23.0 Å². The molecule has 2 aromatic rings. The quantitative estimate of drug-likeness (QED) is 0.679. The van der Waals surface area contributed by atoms with E-state index >= 15 is 0 Å². The van der Waals surface area contributed by atoms with E-state index in [1.54, 1.807) is 0 Å². The summed E-state index contributed by atoms with van der Waals surface area (Å²) in [6, 6.07) is 8.37. The molecule has 0 bridgehead atoms. The van der Waals surface area contributed by atoms with Crippen molar-refractivity contribution in [1.29, 1.82) is 0 Å². The van der Waals surface area contributed by atoms with Gasteiger partial charge in [-0.05, 0) is 18.4 Å². The van der Waals surface area contributed by atoms with Crippen LogP contribution in [0.2, 0.25) is 0 Å². The van der Waals surface area contributed by atoms with Gasteiger partial charge in [-0.15, -0.1) is 10.2 Å². The molecule has 2 atom stereocenters. The molecule has 2 rings (SSSR count). The van der Waals surface area contributed by atoms with Crippen molar-refractivity contribution >= 4 is 5.97 Å². The fourth-order valence-corrected chi connectivity index (χ4v) is 3.13. The van der Waals surface area contributed by atoms with Crippen LogP contribution in [-0.4, -0.2) is 57.3 Å². The minimum atomic E-state index is -0.807. The van der Waals surface area contributed by atoms with Gasteiger partial charge < -0.3 is 9.59 Å². The van der Waals surface area contributed by atoms with E-state index in [9.17, 15) is 9.90 Å². The Kier molecular flexibility index (Phi) is 6.25. The summed E-state index contributed by atoms with van der Waals surface area (Å²) < 4.78 is 0.864. The molecule has 0 fully saturated rings. The van der Waals surface area contributed by atoms with Gasteiger partial charge in [0.2, 0.25) is 0 Å². The average molecular weight is 346 g/mol. The van der Waals surface area contributed by atoms with Crippen molar-refractivity contribution < 1.29 is 14.4 Å². The van der Waals surface area contributed by atoms with Crippen LogP contribution in [0.15, 0.2) is 24.3 Å². The maximum atomic E-state index is 11.7. The molecule has 0 aliphatic carbocycles. The summed E-state index contributed by atoms with van der Waals surface area (Å²) in [5, 5.41) is 23.8. The van der Waals surface area contributed by atoms with Crippen LogP contribution in [0.4, 0.5) is 0 Å². The fourth-order valence-electron chi connectivity index (χ4n) is 3.13. The maximum absolute atomic E-state index is 11.7. The number of hydrogen-bond acceptors (Lipinski definition) is 4. The van der Waals surface area contributed by atoms with E-state index in [1.165, 1.54) is 5.56 Å². The number of hydrogen-bond donors (Lipinski definition) is 2. The number of nitrogens with one attached hydrogen (secondary N) is 1. The van der Waals surface area contributed by atoms with Crippen LogP contribution in [0.3, 0.4) is 0 Å². The molecular formula is C18H28N5O2+. The Morgan fingerprint density at radius 1 is 1.20 bits per heavy atom. The molecular weight excluding hydrogens is 318 g/mol. The van der Waals surface area contributed by atoms with Gasteiger partial charge in [0.25, 0.3) is 0 Å². The average Bonchev–Trinajstić information content (AvgIpc) is 3.05. The number of carboxylic acids is 1. The number of aromatic nitrogens is 4. The molecule has 25 heavy (non-hydrogen) atoms. The molecule has 0 saturated heterocycles. The number of H-pyrrole nitrogens is 1. The second-order valence-electron chi connectivity index (χ2n) is 7.58. The number of carbonyl (C=O) groups is 1. The van der Waals surface area contributed by atoms with Crippen LogP contribution in [0.1, 0.15) is 42.6 Å². The van der Waals surface area contributed by atoms with Crippen LogP contribution in [0.5, 0.6) is 0 Å². The lowest BCUT2D eigenvalue weighted by molar-refractivity contribution is -0.884. The molecule has 7 nitrogen and oxygen atoms in total. The van der Waals surface area contributed by atoms with Gasteiger partial charge >= 0.3 is 5.97 Å². The van der Waals surface area contributed by atoms with Crippen molar-refractivity contribution in [1.82, 2.24) is 20.6 Å². The van der Waals surface area contributed by atoms with E-state index in [0.29, 0.717) is 18.7 Å². The lowest BCUT2D eigenvalue weighted by Crippen LogP contribution is -2.33. The molecule has 2 N–H and O–H groups in total. The number of nitrogens with zero attached hydrogens (tertiary/aromatic N) is 4. The molecule has 1 aromatic carbocycles. The Balaban J connectivity index is 2.20. The Hall–Kier alpha value is -2.28. The van der Waals surface area contributed by atoms with Gasteiger partial charge in [-0.3, -0.25) is 4.79 Å². The summed E-state index contributed by atoms with van der Waals surface area (Å²) in [6.45, 7) is 2.94. The second-order valence-corrected chi connectivity index (χ2v) is 7.58. The third-order valence-corrected chi connectivity index (χ3v) is 4.23. The molecule has 0 saturated carbocycles. The fraction of sp³-hybridized carbons (Fsp3) is 0.556. The first-order valence-electron chi connectivity index (χ1n) is 8.64. The first kappa shape index (κ1) is 19.1. The van der Waals surface area contributed by atoms with Crippen molar-refractivity contribution in [2.75, 3.05) is 21.1 Å². The first-order chi connectivity index (χ1) is 11.8. The highest BCUT2D eigenvalue weighted by molar-refractivity contribution is 5.71. The van der Waals surface area contributed by atoms with Crippen LogP contribution >= 0.6 is 0 Å². The van der Waals surface area contributed by atoms with Gasteiger partial charge in [-0.2, -0.15) is 5.21 Å². The van der Waals surface area contributed by atoms with Crippen molar-refractivity contribution in [3.8, 4) is 0 Å². The van der Waals surface area contributed by atoms with Gasteiger partial charge in [-0.1, -0.05) is 42.8 Å². The number of benzene rings is 1. The lowest BCUT2D eigenvalue weighted by Gasteiger charge is -2.24. The van der Waals surface area contributed by atoms with E-state index in [1.807, 2.05) is 6.92 Å². The second kappa shape index (κ2) is 8.20. The molecule has 0 aliphatic heterocycles. The SMILES string of the molecule is CCCC(C(=O)O)[C@H](Cc1ccc(C[N+](C)(C)C)cc1)c1nn[nH]n1. The lowest BCUT2D eigenvalue weighted by atomic mass is 9.83.